The van der Waals surface area contributed by atoms with Crippen LogP contribution in [0.5, 0.6) is 0 Å². The molecule has 1 aliphatic heterocycles. The third-order valence-corrected chi connectivity index (χ3v) is 5.11. The molecule has 0 aromatic carbocycles. The van der Waals surface area contributed by atoms with E-state index in [4.69, 9.17) is 5.73 Å². The van der Waals surface area contributed by atoms with Gasteiger partial charge in [0.1, 0.15) is 0 Å². The fourth-order valence-corrected chi connectivity index (χ4v) is 4.03. The molecule has 6 nitrogen and oxygen atoms in total. The van der Waals surface area contributed by atoms with Gasteiger partial charge in [-0.1, -0.05) is 6.92 Å². The third-order valence-electron chi connectivity index (χ3n) is 3.11. The molecule has 0 aliphatic carbocycles. The maximum Gasteiger partial charge on any atom is 0.262 e. The molecule has 1 atom stereocenters. The van der Waals surface area contributed by atoms with Gasteiger partial charge in [0.05, 0.1) is 6.33 Å². The summed E-state index contributed by atoms with van der Waals surface area (Å²) in [5.41, 5.74) is 5.63. The number of nitrogens with two attached hydrogens (primary N) is 1. The molecule has 2 heterocycles. The fraction of sp³-hybridized carbons (Fsp3) is 0.700. The summed E-state index contributed by atoms with van der Waals surface area (Å²) < 4.78 is 27.8. The summed E-state index contributed by atoms with van der Waals surface area (Å²) in [5.74, 6) is 0.471. The molecular weight excluding hydrogens is 240 g/mol. The molecule has 0 saturated carbocycles. The third kappa shape index (κ3) is 2.16. The molecule has 0 spiro atoms. The first-order chi connectivity index (χ1) is 7.93. The Bertz CT molecular complexity index is 489. The van der Waals surface area contributed by atoms with Crippen molar-refractivity contribution < 1.29 is 8.42 Å². The Kier molecular flexibility index (Phi) is 3.13. The smallest absolute Gasteiger partial charge is 0.262 e. The van der Waals surface area contributed by atoms with Crippen molar-refractivity contribution in [2.24, 2.45) is 13.0 Å². The number of piperidine rings is 1. The molecule has 7 heteroatoms. The normalized spacial score (nSPS) is 22.8. The van der Waals surface area contributed by atoms with Crippen LogP contribution >= 0.6 is 0 Å². The average Bonchev–Trinajstić information content (AvgIpc) is 2.59. The van der Waals surface area contributed by atoms with Crippen molar-refractivity contribution in [1.29, 1.82) is 0 Å². The van der Waals surface area contributed by atoms with Gasteiger partial charge < -0.3 is 10.3 Å². The van der Waals surface area contributed by atoms with Gasteiger partial charge in [0, 0.05) is 20.1 Å². The molecule has 0 radical (unpaired) electrons. The molecule has 1 unspecified atom stereocenters. The van der Waals surface area contributed by atoms with E-state index in [0.717, 1.165) is 12.8 Å². The van der Waals surface area contributed by atoms with E-state index >= 15 is 0 Å². The van der Waals surface area contributed by atoms with Crippen LogP contribution in [0.3, 0.4) is 0 Å². The van der Waals surface area contributed by atoms with Gasteiger partial charge in [0.15, 0.2) is 10.8 Å². The van der Waals surface area contributed by atoms with Gasteiger partial charge in [-0.2, -0.15) is 4.31 Å². The van der Waals surface area contributed by atoms with Crippen molar-refractivity contribution in [3.8, 4) is 0 Å². The Balaban J connectivity index is 2.36. The second kappa shape index (κ2) is 4.30. The quantitative estimate of drug-likeness (QED) is 0.833. The molecule has 1 saturated heterocycles. The van der Waals surface area contributed by atoms with E-state index < -0.39 is 10.0 Å². The highest BCUT2D eigenvalue weighted by molar-refractivity contribution is 7.89. The van der Waals surface area contributed by atoms with Crippen LogP contribution in [0.15, 0.2) is 11.4 Å². The zero-order valence-electron chi connectivity index (χ0n) is 10.1. The predicted molar refractivity (Wildman–Crippen MR) is 64.8 cm³/mol. The first-order valence-electron chi connectivity index (χ1n) is 5.70. The van der Waals surface area contributed by atoms with Crippen molar-refractivity contribution in [2.45, 2.75) is 24.8 Å². The van der Waals surface area contributed by atoms with Crippen LogP contribution in [-0.4, -0.2) is 35.4 Å². The number of aromatic nitrogens is 2. The summed E-state index contributed by atoms with van der Waals surface area (Å²) >= 11 is 0. The molecular formula is C10H18N4O2S. The summed E-state index contributed by atoms with van der Waals surface area (Å²) in [7, 11) is -1.86. The monoisotopic (exact) mass is 258 g/mol. The summed E-state index contributed by atoms with van der Waals surface area (Å²) in [4.78, 5) is 3.83. The van der Waals surface area contributed by atoms with Crippen LogP contribution < -0.4 is 5.73 Å². The maximum atomic E-state index is 12.4. The number of aryl methyl sites for hydroxylation is 1. The highest BCUT2D eigenvalue weighted by atomic mass is 32.2. The van der Waals surface area contributed by atoms with E-state index in [1.54, 1.807) is 7.05 Å². The van der Waals surface area contributed by atoms with Gasteiger partial charge in [-0.25, -0.2) is 13.4 Å². The molecule has 17 heavy (non-hydrogen) atoms. The number of imidazole rings is 1. The molecule has 1 fully saturated rings. The minimum atomic E-state index is -3.50. The number of hydrogen-bond acceptors (Lipinski definition) is 4. The second-order valence-corrected chi connectivity index (χ2v) is 6.51. The summed E-state index contributed by atoms with van der Waals surface area (Å²) in [6.07, 6.45) is 3.40. The summed E-state index contributed by atoms with van der Waals surface area (Å²) in [5, 5.41) is 0.103. The first kappa shape index (κ1) is 12.4. The van der Waals surface area contributed by atoms with Crippen LogP contribution in [0, 0.1) is 5.92 Å². The van der Waals surface area contributed by atoms with Crippen molar-refractivity contribution >= 4 is 15.8 Å². The van der Waals surface area contributed by atoms with Crippen LogP contribution in [0.2, 0.25) is 0 Å². The van der Waals surface area contributed by atoms with Gasteiger partial charge in [-0.15, -0.1) is 0 Å². The molecule has 1 aromatic rings. The average molecular weight is 258 g/mol. The number of rotatable bonds is 2. The van der Waals surface area contributed by atoms with E-state index in [9.17, 15) is 8.42 Å². The van der Waals surface area contributed by atoms with Gasteiger partial charge in [0.25, 0.3) is 10.0 Å². The fourth-order valence-electron chi connectivity index (χ4n) is 2.24. The zero-order valence-corrected chi connectivity index (χ0v) is 10.9. The molecule has 1 aromatic heterocycles. The Morgan fingerprint density at radius 3 is 2.76 bits per heavy atom. The number of anilines is 1. The molecule has 1 aliphatic rings. The molecule has 0 amide bonds. The highest BCUT2D eigenvalue weighted by Gasteiger charge is 2.32. The van der Waals surface area contributed by atoms with E-state index in [-0.39, 0.29) is 10.8 Å². The predicted octanol–water partition coefficient (Wildman–Crippen LogP) is 0.423. The van der Waals surface area contributed by atoms with Crippen molar-refractivity contribution in [3.05, 3.63) is 6.33 Å². The maximum absolute atomic E-state index is 12.4. The number of hydrogen-bond donors (Lipinski definition) is 1. The number of nitrogens with zero attached hydrogens (tertiary/aromatic N) is 3. The summed E-state index contributed by atoms with van der Waals surface area (Å²) in [6.45, 7) is 3.19. The topological polar surface area (TPSA) is 81.2 Å². The lowest BCUT2D eigenvalue weighted by Gasteiger charge is -2.29. The second-order valence-electron chi connectivity index (χ2n) is 4.66. The molecule has 2 N–H and O–H groups in total. The lowest BCUT2D eigenvalue weighted by atomic mass is 10.0. The van der Waals surface area contributed by atoms with E-state index in [1.165, 1.54) is 15.2 Å². The van der Waals surface area contributed by atoms with Crippen LogP contribution in [0.25, 0.3) is 0 Å². The standard InChI is InChI=1S/C10H18N4O2S/c1-8-4-3-5-14(6-8)17(15,16)10-9(11)12-7-13(10)2/h7-8H,3-6,11H2,1-2H3. The lowest BCUT2D eigenvalue weighted by molar-refractivity contribution is 0.280. The Hall–Kier alpha value is -1.08. The van der Waals surface area contributed by atoms with Crippen LogP contribution in [-0.2, 0) is 17.1 Å². The minimum absolute atomic E-state index is 0.0747. The largest absolute Gasteiger partial charge is 0.381 e. The van der Waals surface area contributed by atoms with E-state index in [0.29, 0.717) is 19.0 Å². The Morgan fingerprint density at radius 2 is 2.24 bits per heavy atom. The van der Waals surface area contributed by atoms with E-state index in [1.807, 2.05) is 0 Å². The van der Waals surface area contributed by atoms with Crippen molar-refractivity contribution in [1.82, 2.24) is 13.9 Å². The van der Waals surface area contributed by atoms with Crippen molar-refractivity contribution in [2.75, 3.05) is 18.8 Å². The Labute approximate surface area is 101 Å². The van der Waals surface area contributed by atoms with E-state index in [2.05, 4.69) is 11.9 Å². The number of nitrogen functional groups attached to an aromatic ring is 1. The molecule has 0 bridgehead atoms. The Morgan fingerprint density at radius 1 is 1.53 bits per heavy atom. The lowest BCUT2D eigenvalue weighted by Crippen LogP contribution is -2.39. The van der Waals surface area contributed by atoms with Crippen molar-refractivity contribution in [3.63, 3.8) is 0 Å². The van der Waals surface area contributed by atoms with Gasteiger partial charge in [-0.3, -0.25) is 0 Å². The number of sulfonamides is 1. The first-order valence-corrected chi connectivity index (χ1v) is 7.14. The minimum Gasteiger partial charge on any atom is -0.381 e. The molecule has 96 valence electrons. The van der Waals surface area contributed by atoms with Crippen LogP contribution in [0.4, 0.5) is 5.82 Å². The van der Waals surface area contributed by atoms with Gasteiger partial charge >= 0.3 is 0 Å². The zero-order chi connectivity index (χ0) is 12.6. The summed E-state index contributed by atoms with van der Waals surface area (Å²) in [6, 6.07) is 0. The SMILES string of the molecule is CC1CCCN(S(=O)(=O)c2c(N)ncn2C)C1. The molecule has 2 rings (SSSR count). The van der Waals surface area contributed by atoms with Gasteiger partial charge in [-0.05, 0) is 18.8 Å². The highest BCUT2D eigenvalue weighted by Crippen LogP contribution is 2.25. The van der Waals surface area contributed by atoms with Crippen LogP contribution in [0.1, 0.15) is 19.8 Å². The van der Waals surface area contributed by atoms with Gasteiger partial charge in [0.2, 0.25) is 0 Å².